The Labute approximate surface area is 161 Å². The van der Waals surface area contributed by atoms with Crippen LogP contribution in [0.2, 0.25) is 0 Å². The van der Waals surface area contributed by atoms with E-state index in [-0.39, 0.29) is 17.2 Å². The summed E-state index contributed by atoms with van der Waals surface area (Å²) in [5, 5.41) is 0.736. The minimum absolute atomic E-state index is 0.0415. The maximum absolute atomic E-state index is 12.5. The lowest BCUT2D eigenvalue weighted by atomic mass is 10.1. The summed E-state index contributed by atoms with van der Waals surface area (Å²) in [6.07, 6.45) is 0. The van der Waals surface area contributed by atoms with Crippen LogP contribution in [0.15, 0.2) is 22.6 Å². The largest absolute Gasteiger partial charge is 0.497 e. The molecule has 0 aliphatic heterocycles. The van der Waals surface area contributed by atoms with E-state index in [9.17, 15) is 14.4 Å². The molecule has 0 saturated heterocycles. The van der Waals surface area contributed by atoms with Crippen LogP contribution in [0.5, 0.6) is 5.75 Å². The molecule has 146 valence electrons. The Morgan fingerprint density at radius 3 is 2.43 bits per heavy atom. The molecule has 0 fully saturated rings. The number of methoxy groups -OCH3 is 1. The van der Waals surface area contributed by atoms with Gasteiger partial charge in [0.2, 0.25) is 11.5 Å². The second-order valence-corrected chi connectivity index (χ2v) is 6.60. The Kier molecular flexibility index (Phi) is 5.09. The maximum Gasteiger partial charge on any atom is 0.375 e. The van der Waals surface area contributed by atoms with E-state index in [1.807, 2.05) is 0 Å². The van der Waals surface area contributed by atoms with Crippen LogP contribution in [-0.2, 0) is 4.74 Å². The highest BCUT2D eigenvalue weighted by atomic mass is 16.5. The molecule has 0 radical (unpaired) electrons. The van der Waals surface area contributed by atoms with Crippen LogP contribution in [0, 0.1) is 20.8 Å². The average molecular weight is 383 g/mol. The number of ketones is 2. The van der Waals surface area contributed by atoms with E-state index in [0.29, 0.717) is 33.7 Å². The van der Waals surface area contributed by atoms with Crippen LogP contribution in [0.3, 0.4) is 0 Å². The lowest BCUT2D eigenvalue weighted by Gasteiger charge is -2.03. The van der Waals surface area contributed by atoms with Gasteiger partial charge < -0.3 is 18.9 Å². The van der Waals surface area contributed by atoms with Crippen LogP contribution in [0.1, 0.15) is 55.1 Å². The van der Waals surface area contributed by atoms with Gasteiger partial charge in [-0.25, -0.2) is 4.79 Å². The minimum atomic E-state index is -0.728. The number of Topliss-reactive ketones (excluding diaryl/α,β-unsaturated/α-hetero) is 2. The molecule has 28 heavy (non-hydrogen) atoms. The zero-order chi connectivity index (χ0) is 20.6. The van der Waals surface area contributed by atoms with E-state index in [1.54, 1.807) is 46.1 Å². The molecule has 2 aromatic heterocycles. The monoisotopic (exact) mass is 383 g/mol. The second kappa shape index (κ2) is 7.34. The number of aryl methyl sites for hydroxylation is 2. The quantitative estimate of drug-likeness (QED) is 0.511. The van der Waals surface area contributed by atoms with Crippen molar-refractivity contribution in [3.05, 3.63) is 52.0 Å². The molecule has 3 rings (SSSR count). The molecule has 2 heterocycles. The molecular weight excluding hydrogens is 362 g/mol. The number of aromatic amines is 1. The molecule has 0 saturated carbocycles. The van der Waals surface area contributed by atoms with Crippen LogP contribution < -0.4 is 4.74 Å². The van der Waals surface area contributed by atoms with Gasteiger partial charge in [0, 0.05) is 22.2 Å². The Balaban J connectivity index is 1.78. The first-order valence-corrected chi connectivity index (χ1v) is 8.72. The molecule has 3 aromatic rings. The Morgan fingerprint density at radius 1 is 1.11 bits per heavy atom. The normalized spacial score (nSPS) is 10.9. The second-order valence-electron chi connectivity index (χ2n) is 6.60. The minimum Gasteiger partial charge on any atom is -0.497 e. The Hall–Kier alpha value is -3.35. The van der Waals surface area contributed by atoms with Crippen LogP contribution in [0.25, 0.3) is 11.0 Å². The van der Waals surface area contributed by atoms with Crippen molar-refractivity contribution < 1.29 is 28.3 Å². The number of rotatable bonds is 6. The summed E-state index contributed by atoms with van der Waals surface area (Å²) >= 11 is 0. The summed E-state index contributed by atoms with van der Waals surface area (Å²) in [6, 6.07) is 5.20. The SMILES string of the molecule is COc1ccc2oc(C(=O)OCC(=O)c3[nH]c(C)c(C(C)=O)c3C)c(C)c2c1. The first-order valence-electron chi connectivity index (χ1n) is 8.72. The van der Waals surface area contributed by atoms with Crippen molar-refractivity contribution in [2.45, 2.75) is 27.7 Å². The maximum atomic E-state index is 12.5. The molecule has 1 aromatic carbocycles. The number of ether oxygens (including phenoxy) is 2. The summed E-state index contributed by atoms with van der Waals surface area (Å²) in [5.74, 6) is -0.591. The van der Waals surface area contributed by atoms with Gasteiger partial charge in [0.25, 0.3) is 0 Å². The number of hydrogen-bond acceptors (Lipinski definition) is 6. The summed E-state index contributed by atoms with van der Waals surface area (Å²) in [7, 11) is 1.55. The summed E-state index contributed by atoms with van der Waals surface area (Å²) < 4.78 is 15.9. The van der Waals surface area contributed by atoms with Crippen molar-refractivity contribution in [1.29, 1.82) is 0 Å². The number of aromatic nitrogens is 1. The molecule has 0 aliphatic rings. The standard InChI is InChI=1S/C21H21NO6/c1-10-15-8-14(26-5)6-7-17(15)28-20(10)21(25)27-9-16(24)19-11(2)18(13(4)23)12(3)22-19/h6-8,22H,9H2,1-5H3. The lowest BCUT2D eigenvalue weighted by molar-refractivity contribution is 0.0444. The van der Waals surface area contributed by atoms with E-state index < -0.39 is 18.4 Å². The molecule has 0 spiro atoms. The predicted octanol–water partition coefficient (Wildman–Crippen LogP) is 3.94. The van der Waals surface area contributed by atoms with Crippen molar-refractivity contribution in [3.8, 4) is 5.75 Å². The van der Waals surface area contributed by atoms with Gasteiger partial charge in [-0.3, -0.25) is 9.59 Å². The lowest BCUT2D eigenvalue weighted by Crippen LogP contribution is -2.15. The smallest absolute Gasteiger partial charge is 0.375 e. The number of carbonyl (C=O) groups is 3. The van der Waals surface area contributed by atoms with Crippen molar-refractivity contribution in [2.24, 2.45) is 0 Å². The van der Waals surface area contributed by atoms with Gasteiger partial charge in [-0.05, 0) is 51.5 Å². The van der Waals surface area contributed by atoms with Crippen molar-refractivity contribution in [2.75, 3.05) is 13.7 Å². The number of esters is 1. The van der Waals surface area contributed by atoms with E-state index in [1.165, 1.54) is 6.92 Å². The number of benzene rings is 1. The Morgan fingerprint density at radius 2 is 1.82 bits per heavy atom. The third-order valence-electron chi connectivity index (χ3n) is 4.73. The Bertz CT molecular complexity index is 1100. The van der Waals surface area contributed by atoms with Gasteiger partial charge in [0.1, 0.15) is 11.3 Å². The van der Waals surface area contributed by atoms with Gasteiger partial charge in [-0.1, -0.05) is 0 Å². The summed E-state index contributed by atoms with van der Waals surface area (Å²) in [6.45, 7) is 6.12. The fraction of sp³-hybridized carbons (Fsp3) is 0.286. The molecule has 0 aliphatic carbocycles. The predicted molar refractivity (Wildman–Crippen MR) is 102 cm³/mol. The van der Waals surface area contributed by atoms with Crippen molar-refractivity contribution in [3.63, 3.8) is 0 Å². The third kappa shape index (κ3) is 3.31. The molecule has 0 amide bonds. The topological polar surface area (TPSA) is 98.6 Å². The van der Waals surface area contributed by atoms with Crippen molar-refractivity contribution in [1.82, 2.24) is 4.98 Å². The molecule has 7 nitrogen and oxygen atoms in total. The summed E-state index contributed by atoms with van der Waals surface area (Å²) in [5.41, 5.74) is 3.05. The average Bonchev–Trinajstić information content (AvgIpc) is 3.15. The van der Waals surface area contributed by atoms with E-state index >= 15 is 0 Å². The van der Waals surface area contributed by atoms with Gasteiger partial charge in [-0.15, -0.1) is 0 Å². The third-order valence-corrected chi connectivity index (χ3v) is 4.73. The van der Waals surface area contributed by atoms with Gasteiger partial charge >= 0.3 is 5.97 Å². The van der Waals surface area contributed by atoms with Crippen LogP contribution >= 0.6 is 0 Å². The number of hydrogen-bond donors (Lipinski definition) is 1. The van der Waals surface area contributed by atoms with Crippen molar-refractivity contribution >= 4 is 28.5 Å². The molecule has 0 unspecified atom stereocenters. The fourth-order valence-electron chi connectivity index (χ4n) is 3.35. The number of H-pyrrole nitrogens is 1. The number of furan rings is 1. The van der Waals surface area contributed by atoms with Crippen LogP contribution in [-0.4, -0.2) is 36.2 Å². The van der Waals surface area contributed by atoms with E-state index in [0.717, 1.165) is 5.39 Å². The van der Waals surface area contributed by atoms with Crippen LogP contribution in [0.4, 0.5) is 0 Å². The summed E-state index contributed by atoms with van der Waals surface area (Å²) in [4.78, 5) is 39.5. The molecule has 7 heteroatoms. The van der Waals surface area contributed by atoms with E-state index in [2.05, 4.69) is 4.98 Å². The van der Waals surface area contributed by atoms with Gasteiger partial charge in [-0.2, -0.15) is 0 Å². The molecular formula is C21H21NO6. The molecule has 0 bridgehead atoms. The number of nitrogens with one attached hydrogen (secondary N) is 1. The highest BCUT2D eigenvalue weighted by Crippen LogP contribution is 2.29. The first-order chi connectivity index (χ1) is 13.2. The highest BCUT2D eigenvalue weighted by Gasteiger charge is 2.23. The zero-order valence-corrected chi connectivity index (χ0v) is 16.4. The fourth-order valence-corrected chi connectivity index (χ4v) is 3.35. The van der Waals surface area contributed by atoms with Gasteiger partial charge in [0.15, 0.2) is 12.4 Å². The zero-order valence-electron chi connectivity index (χ0n) is 16.4. The van der Waals surface area contributed by atoms with Gasteiger partial charge in [0.05, 0.1) is 12.8 Å². The molecule has 1 N–H and O–H groups in total. The molecule has 0 atom stereocenters. The number of carbonyl (C=O) groups excluding carboxylic acids is 3. The highest BCUT2D eigenvalue weighted by molar-refractivity contribution is 6.04. The first kappa shape index (κ1) is 19.4. The van der Waals surface area contributed by atoms with E-state index in [4.69, 9.17) is 13.9 Å². The number of fused-ring (bicyclic) bond motifs is 1.